The zero-order valence-electron chi connectivity index (χ0n) is 35.4. The topological polar surface area (TPSA) is 60.7 Å². The predicted octanol–water partition coefficient (Wildman–Crippen LogP) is 13.3. The summed E-state index contributed by atoms with van der Waals surface area (Å²) in [7, 11) is -4.65. The van der Waals surface area contributed by atoms with E-state index >= 15 is 0 Å². The third-order valence-corrected chi connectivity index (χ3v) is 12.2. The molecule has 6 rings (SSSR count). The van der Waals surface area contributed by atoms with E-state index in [1.54, 1.807) is 0 Å². The second kappa shape index (κ2) is 13.0. The lowest BCUT2D eigenvalue weighted by molar-refractivity contribution is 0.347. The summed E-state index contributed by atoms with van der Waals surface area (Å²) in [5.74, 6) is 0. The molecule has 0 amide bonds. The zero-order chi connectivity index (χ0) is 40.1. The first kappa shape index (κ1) is 40.1. The Morgan fingerprint density at radius 3 is 1.13 bits per heavy atom. The summed E-state index contributed by atoms with van der Waals surface area (Å²) in [6.45, 7) is 33.3. The van der Waals surface area contributed by atoms with Gasteiger partial charge in [-0.3, -0.25) is 0 Å². The van der Waals surface area contributed by atoms with Gasteiger partial charge in [0, 0.05) is 11.1 Å². The standard InChI is InChI=1S/C50H62O3P/c1-46(2,3)35-18-16-30-25-39(42(49(10,11)12)28-32(30)22-35)40-27-34-24-37(48(7,8)9)20-21-38(34)44(45(40)54(51,52)53)41-26-31-17-19-36(47(4,5)6)23-33(31)29-43(41)50(13,14)15/h16-29,51-53H,1-15H3/q+1. The maximum atomic E-state index is 11.8. The van der Waals surface area contributed by atoms with Crippen LogP contribution in [-0.2, 0) is 27.1 Å². The van der Waals surface area contributed by atoms with Crippen LogP contribution in [0.1, 0.15) is 132 Å². The van der Waals surface area contributed by atoms with Gasteiger partial charge in [-0.15, -0.1) is 0 Å². The van der Waals surface area contributed by atoms with Crippen LogP contribution in [0.4, 0.5) is 0 Å². The summed E-state index contributed by atoms with van der Waals surface area (Å²) in [6.07, 6.45) is 0. The zero-order valence-corrected chi connectivity index (χ0v) is 36.3. The van der Waals surface area contributed by atoms with Gasteiger partial charge < -0.3 is 0 Å². The van der Waals surface area contributed by atoms with E-state index < -0.39 is 7.94 Å². The van der Waals surface area contributed by atoms with Crippen LogP contribution in [0.15, 0.2) is 84.9 Å². The number of hydrogen-bond acceptors (Lipinski definition) is 3. The lowest BCUT2D eigenvalue weighted by atomic mass is 9.76. The summed E-state index contributed by atoms with van der Waals surface area (Å²) in [4.78, 5) is 35.4. The quantitative estimate of drug-likeness (QED) is 0.158. The maximum Gasteiger partial charge on any atom is 0.442 e. The third kappa shape index (κ3) is 7.63. The SMILES string of the molecule is CC(C)(C)c1ccc2cc(-c3cc4cc(C(C)(C)C)ccc4c(-c4cc5ccc(C(C)(C)C)cc5cc4C(C)(C)C)c3[P+](O)(O)O)c(C(C)(C)C)cc2c1. The van der Waals surface area contributed by atoms with E-state index in [-0.39, 0.29) is 32.4 Å². The highest BCUT2D eigenvalue weighted by molar-refractivity contribution is 7.67. The lowest BCUT2D eigenvalue weighted by Gasteiger charge is -2.29. The van der Waals surface area contributed by atoms with Crippen LogP contribution in [0, 0.1) is 0 Å². The molecule has 0 fully saturated rings. The minimum atomic E-state index is -4.65. The van der Waals surface area contributed by atoms with Crippen molar-refractivity contribution in [2.45, 2.75) is 131 Å². The second-order valence-corrected chi connectivity index (χ2v) is 22.4. The fourth-order valence-corrected chi connectivity index (χ4v) is 8.90. The highest BCUT2D eigenvalue weighted by atomic mass is 31.2. The van der Waals surface area contributed by atoms with E-state index in [2.05, 4.69) is 189 Å². The number of hydrogen-bond donors (Lipinski definition) is 3. The first-order valence-corrected chi connectivity index (χ1v) is 21.1. The van der Waals surface area contributed by atoms with E-state index in [9.17, 15) is 14.7 Å². The molecule has 0 saturated heterocycles. The molecular weight excluding hydrogens is 680 g/mol. The molecule has 4 heteroatoms. The van der Waals surface area contributed by atoms with Crippen LogP contribution in [-0.4, -0.2) is 14.7 Å². The highest BCUT2D eigenvalue weighted by Crippen LogP contribution is 2.54. The molecule has 284 valence electrons. The molecule has 0 bridgehead atoms. The van der Waals surface area contributed by atoms with Crippen molar-refractivity contribution in [1.82, 2.24) is 0 Å². The van der Waals surface area contributed by atoms with Gasteiger partial charge in [-0.1, -0.05) is 158 Å². The number of fused-ring (bicyclic) bond motifs is 3. The Morgan fingerprint density at radius 1 is 0.352 bits per heavy atom. The summed E-state index contributed by atoms with van der Waals surface area (Å²) < 4.78 is 0. The normalized spacial score (nSPS) is 13.7. The van der Waals surface area contributed by atoms with Crippen molar-refractivity contribution in [2.75, 3.05) is 0 Å². The van der Waals surface area contributed by atoms with E-state index in [0.717, 1.165) is 54.6 Å². The molecule has 0 spiro atoms. The molecule has 54 heavy (non-hydrogen) atoms. The molecule has 0 aliphatic heterocycles. The van der Waals surface area contributed by atoms with Crippen molar-refractivity contribution in [3.8, 4) is 22.3 Å². The van der Waals surface area contributed by atoms with Gasteiger partial charge in [0.15, 0.2) is 5.30 Å². The molecule has 0 radical (unpaired) electrons. The molecule has 0 aliphatic rings. The Bertz CT molecular complexity index is 2430. The first-order valence-electron chi connectivity index (χ1n) is 19.4. The number of rotatable bonds is 3. The molecule has 6 aromatic rings. The molecule has 0 atom stereocenters. The predicted molar refractivity (Wildman–Crippen MR) is 237 cm³/mol. The van der Waals surface area contributed by atoms with Crippen LogP contribution in [0.5, 0.6) is 0 Å². The van der Waals surface area contributed by atoms with Gasteiger partial charge in [0.05, 0.1) is 0 Å². The highest BCUT2D eigenvalue weighted by Gasteiger charge is 2.44. The molecule has 3 nitrogen and oxygen atoms in total. The van der Waals surface area contributed by atoms with Gasteiger partial charge in [0.25, 0.3) is 0 Å². The summed E-state index contributed by atoms with van der Waals surface area (Å²) >= 11 is 0. The summed E-state index contributed by atoms with van der Waals surface area (Å²) in [5, 5.41) is 6.50. The van der Waals surface area contributed by atoms with E-state index in [4.69, 9.17) is 0 Å². The van der Waals surface area contributed by atoms with E-state index in [0.29, 0.717) is 11.1 Å². The Morgan fingerprint density at radius 2 is 0.722 bits per heavy atom. The Hall–Kier alpha value is -3.59. The lowest BCUT2D eigenvalue weighted by Crippen LogP contribution is -2.22. The van der Waals surface area contributed by atoms with Crippen LogP contribution in [0.3, 0.4) is 0 Å². The first-order chi connectivity index (χ1) is 24.5. The van der Waals surface area contributed by atoms with Crippen LogP contribution in [0.25, 0.3) is 54.6 Å². The third-order valence-electron chi connectivity index (χ3n) is 11.1. The fraction of sp³-hybridized carbons (Fsp3) is 0.400. The van der Waals surface area contributed by atoms with Gasteiger partial charge in [-0.05, 0) is 129 Å². The molecule has 3 N–H and O–H groups in total. The minimum absolute atomic E-state index is 0.00634. The van der Waals surface area contributed by atoms with Crippen molar-refractivity contribution in [2.24, 2.45) is 0 Å². The average Bonchev–Trinajstić information content (AvgIpc) is 3.02. The Balaban J connectivity index is 1.84. The summed E-state index contributed by atoms with van der Waals surface area (Å²) in [5.41, 5.74) is 8.27. The van der Waals surface area contributed by atoms with E-state index in [1.165, 1.54) is 16.7 Å². The minimum Gasteiger partial charge on any atom is -0.189 e. The van der Waals surface area contributed by atoms with Crippen LogP contribution >= 0.6 is 7.94 Å². The molecule has 0 aliphatic carbocycles. The van der Waals surface area contributed by atoms with Gasteiger partial charge in [0.2, 0.25) is 0 Å². The van der Waals surface area contributed by atoms with Crippen molar-refractivity contribution >= 4 is 45.6 Å². The van der Waals surface area contributed by atoms with Crippen molar-refractivity contribution in [3.05, 3.63) is 113 Å². The van der Waals surface area contributed by atoms with E-state index in [1.807, 2.05) is 0 Å². The molecular formula is C50H62O3P+. The van der Waals surface area contributed by atoms with Crippen molar-refractivity contribution in [3.63, 3.8) is 0 Å². The second-order valence-electron chi connectivity index (χ2n) is 20.8. The fourth-order valence-electron chi connectivity index (χ4n) is 7.85. The monoisotopic (exact) mass is 741 g/mol. The smallest absolute Gasteiger partial charge is 0.189 e. The molecule has 0 heterocycles. The Labute approximate surface area is 325 Å². The maximum absolute atomic E-state index is 11.8. The molecule has 0 aromatic heterocycles. The van der Waals surface area contributed by atoms with Crippen molar-refractivity contribution in [1.29, 1.82) is 0 Å². The van der Waals surface area contributed by atoms with Crippen LogP contribution < -0.4 is 5.30 Å². The molecule has 0 unspecified atom stereocenters. The summed E-state index contributed by atoms with van der Waals surface area (Å²) in [6, 6.07) is 30.9. The van der Waals surface area contributed by atoms with Crippen molar-refractivity contribution < 1.29 is 14.7 Å². The average molecular weight is 742 g/mol. The molecule has 6 aromatic carbocycles. The van der Waals surface area contributed by atoms with Gasteiger partial charge in [-0.2, -0.15) is 14.7 Å². The number of benzene rings is 6. The largest absolute Gasteiger partial charge is 0.442 e. The van der Waals surface area contributed by atoms with Crippen LogP contribution in [0.2, 0.25) is 0 Å². The molecule has 0 saturated carbocycles. The Kier molecular flexibility index (Phi) is 9.64. The van der Waals surface area contributed by atoms with Gasteiger partial charge in [0.1, 0.15) is 0 Å². The van der Waals surface area contributed by atoms with Gasteiger partial charge >= 0.3 is 7.94 Å². The van der Waals surface area contributed by atoms with Gasteiger partial charge in [-0.25, -0.2) is 0 Å².